The minimum atomic E-state index is -0.132. The Morgan fingerprint density at radius 2 is 2.15 bits per heavy atom. The van der Waals surface area contributed by atoms with Gasteiger partial charge in [0.05, 0.1) is 39.6 Å². The SMILES string of the molecule is CN1C=CC(C(=O)NCCC[N+](C)(C)C)=C/C1=C\N=O. The van der Waals surface area contributed by atoms with Gasteiger partial charge in [0.15, 0.2) is 0 Å². The van der Waals surface area contributed by atoms with E-state index in [1.807, 2.05) is 0 Å². The van der Waals surface area contributed by atoms with Crippen molar-refractivity contribution >= 4 is 5.91 Å². The Hall–Kier alpha value is -1.95. The highest BCUT2D eigenvalue weighted by Crippen LogP contribution is 2.15. The summed E-state index contributed by atoms with van der Waals surface area (Å²) in [6.07, 6.45) is 7.21. The first-order valence-corrected chi connectivity index (χ1v) is 6.57. The quantitative estimate of drug-likeness (QED) is 0.451. The van der Waals surface area contributed by atoms with Crippen molar-refractivity contribution in [3.05, 3.63) is 40.7 Å². The highest BCUT2D eigenvalue weighted by atomic mass is 16.2. The molecule has 0 fully saturated rings. The fourth-order valence-electron chi connectivity index (χ4n) is 1.77. The molecule has 0 aromatic carbocycles. The molecule has 1 aliphatic heterocycles. The summed E-state index contributed by atoms with van der Waals surface area (Å²) in [7, 11) is 8.15. The molecule has 20 heavy (non-hydrogen) atoms. The minimum Gasteiger partial charge on any atom is -0.352 e. The van der Waals surface area contributed by atoms with E-state index in [0.717, 1.165) is 17.4 Å². The molecule has 0 spiro atoms. The molecule has 1 heterocycles. The second-order valence-corrected chi connectivity index (χ2v) is 5.81. The molecule has 0 bridgehead atoms. The summed E-state index contributed by atoms with van der Waals surface area (Å²) in [5.74, 6) is -0.132. The van der Waals surface area contributed by atoms with Crippen LogP contribution in [0.15, 0.2) is 41.0 Å². The Bertz CT molecular complexity index is 458. The highest BCUT2D eigenvalue weighted by Gasteiger charge is 2.13. The number of nitrogens with one attached hydrogen (secondary N) is 1. The molecule has 0 aromatic rings. The smallest absolute Gasteiger partial charge is 0.251 e. The Balaban J connectivity index is 2.52. The summed E-state index contributed by atoms with van der Waals surface area (Å²) in [5, 5.41) is 5.62. The Kier molecular flexibility index (Phi) is 5.64. The maximum atomic E-state index is 12.0. The van der Waals surface area contributed by atoms with Crippen LogP contribution >= 0.6 is 0 Å². The van der Waals surface area contributed by atoms with Crippen LogP contribution in [0.25, 0.3) is 0 Å². The number of quaternary nitrogens is 1. The largest absolute Gasteiger partial charge is 0.352 e. The lowest BCUT2D eigenvalue weighted by atomic mass is 10.1. The van der Waals surface area contributed by atoms with Gasteiger partial charge in [-0.2, -0.15) is 0 Å². The van der Waals surface area contributed by atoms with Gasteiger partial charge in [-0.3, -0.25) is 4.79 Å². The van der Waals surface area contributed by atoms with E-state index in [-0.39, 0.29) is 5.91 Å². The van der Waals surface area contributed by atoms with Gasteiger partial charge in [0, 0.05) is 31.8 Å². The average molecular weight is 279 g/mol. The van der Waals surface area contributed by atoms with E-state index in [9.17, 15) is 9.70 Å². The topological polar surface area (TPSA) is 61.8 Å². The number of rotatable bonds is 6. The van der Waals surface area contributed by atoms with Crippen LogP contribution in [0, 0.1) is 4.91 Å². The van der Waals surface area contributed by atoms with Crippen LogP contribution in [-0.4, -0.2) is 56.6 Å². The van der Waals surface area contributed by atoms with Crippen molar-refractivity contribution in [2.24, 2.45) is 5.18 Å². The van der Waals surface area contributed by atoms with Crippen LogP contribution in [-0.2, 0) is 4.79 Å². The fraction of sp³-hybridized carbons (Fsp3) is 0.500. The lowest BCUT2D eigenvalue weighted by Crippen LogP contribution is -2.37. The van der Waals surface area contributed by atoms with Crippen molar-refractivity contribution in [2.75, 3.05) is 41.3 Å². The van der Waals surface area contributed by atoms with Crippen molar-refractivity contribution in [2.45, 2.75) is 6.42 Å². The molecule has 0 aliphatic carbocycles. The molecule has 0 unspecified atom stereocenters. The van der Waals surface area contributed by atoms with Gasteiger partial charge in [-0.05, 0) is 17.3 Å². The predicted octanol–water partition coefficient (Wildman–Crippen LogP) is 1.19. The number of carbonyl (C=O) groups is 1. The number of hydrogen-bond donors (Lipinski definition) is 1. The normalized spacial score (nSPS) is 17.1. The standard InChI is InChI=1S/C14H22N4O2/c1-17-8-6-12(10-13(17)11-16-20)14(19)15-7-5-9-18(2,3)4/h6,8,10-11H,5,7,9H2,1-4H3/p+1/b13-11+. The average Bonchev–Trinajstić information content (AvgIpc) is 2.36. The van der Waals surface area contributed by atoms with E-state index < -0.39 is 0 Å². The molecule has 1 N–H and O–H groups in total. The molecule has 6 nitrogen and oxygen atoms in total. The molecule has 1 aliphatic rings. The molecule has 0 aromatic heterocycles. The maximum Gasteiger partial charge on any atom is 0.251 e. The lowest BCUT2D eigenvalue weighted by molar-refractivity contribution is -0.870. The van der Waals surface area contributed by atoms with E-state index in [4.69, 9.17) is 0 Å². The third-order valence-electron chi connectivity index (χ3n) is 2.93. The summed E-state index contributed by atoms with van der Waals surface area (Å²) >= 11 is 0. The van der Waals surface area contributed by atoms with Crippen LogP contribution in [0.4, 0.5) is 0 Å². The first kappa shape index (κ1) is 16.1. The highest BCUT2D eigenvalue weighted by molar-refractivity contribution is 5.96. The van der Waals surface area contributed by atoms with Gasteiger partial charge in [-0.15, -0.1) is 4.91 Å². The molecule has 0 atom stereocenters. The monoisotopic (exact) mass is 279 g/mol. The molecular formula is C14H23N4O2+. The zero-order chi connectivity index (χ0) is 15.2. The van der Waals surface area contributed by atoms with Gasteiger partial charge >= 0.3 is 0 Å². The summed E-state index contributed by atoms with van der Waals surface area (Å²) in [5.41, 5.74) is 1.13. The number of allylic oxidation sites excluding steroid dienone is 1. The van der Waals surface area contributed by atoms with E-state index >= 15 is 0 Å². The fourth-order valence-corrected chi connectivity index (χ4v) is 1.77. The van der Waals surface area contributed by atoms with Gasteiger partial charge in [-0.25, -0.2) is 0 Å². The Labute approximate surface area is 120 Å². The molecule has 110 valence electrons. The van der Waals surface area contributed by atoms with E-state index in [1.165, 1.54) is 6.20 Å². The summed E-state index contributed by atoms with van der Waals surface area (Å²) in [6.45, 7) is 1.64. The summed E-state index contributed by atoms with van der Waals surface area (Å²) < 4.78 is 0.876. The number of carbonyl (C=O) groups excluding carboxylic acids is 1. The van der Waals surface area contributed by atoms with E-state index in [1.54, 1.807) is 30.3 Å². The van der Waals surface area contributed by atoms with Gasteiger partial charge in [0.1, 0.15) is 0 Å². The van der Waals surface area contributed by atoms with Gasteiger partial charge in [0.2, 0.25) is 0 Å². The third kappa shape index (κ3) is 5.36. The minimum absolute atomic E-state index is 0.132. The van der Waals surface area contributed by atoms with Gasteiger partial charge in [-0.1, -0.05) is 0 Å². The molecule has 0 radical (unpaired) electrons. The van der Waals surface area contributed by atoms with Crippen molar-refractivity contribution in [3.63, 3.8) is 0 Å². The van der Waals surface area contributed by atoms with Crippen LogP contribution in [0.5, 0.6) is 0 Å². The molecule has 1 rings (SSSR count). The number of hydrogen-bond acceptors (Lipinski definition) is 4. The summed E-state index contributed by atoms with van der Waals surface area (Å²) in [4.78, 5) is 24.0. The predicted molar refractivity (Wildman–Crippen MR) is 79.4 cm³/mol. The number of likely N-dealkylation sites (N-methyl/N-ethyl adjacent to an activating group) is 1. The third-order valence-corrected chi connectivity index (χ3v) is 2.93. The van der Waals surface area contributed by atoms with E-state index in [2.05, 4.69) is 31.6 Å². The Morgan fingerprint density at radius 1 is 1.45 bits per heavy atom. The van der Waals surface area contributed by atoms with Crippen molar-refractivity contribution in [3.8, 4) is 0 Å². The van der Waals surface area contributed by atoms with Crippen molar-refractivity contribution < 1.29 is 9.28 Å². The van der Waals surface area contributed by atoms with Gasteiger partial charge in [0.25, 0.3) is 5.91 Å². The zero-order valence-corrected chi connectivity index (χ0v) is 12.6. The molecule has 6 heteroatoms. The number of amides is 1. The number of nitroso groups, excluding NO2 is 1. The lowest BCUT2D eigenvalue weighted by Gasteiger charge is -2.24. The second-order valence-electron chi connectivity index (χ2n) is 5.81. The van der Waals surface area contributed by atoms with Gasteiger partial charge < -0.3 is 14.7 Å². The number of nitrogens with zero attached hydrogens (tertiary/aromatic N) is 3. The maximum absolute atomic E-state index is 12.0. The zero-order valence-electron chi connectivity index (χ0n) is 12.6. The van der Waals surface area contributed by atoms with Crippen LogP contribution < -0.4 is 5.32 Å². The molecule has 1 amide bonds. The van der Waals surface area contributed by atoms with Crippen molar-refractivity contribution in [1.29, 1.82) is 0 Å². The van der Waals surface area contributed by atoms with Crippen LogP contribution in [0.3, 0.4) is 0 Å². The molecule has 0 saturated heterocycles. The Morgan fingerprint density at radius 3 is 2.75 bits per heavy atom. The molecule has 0 saturated carbocycles. The first-order valence-electron chi connectivity index (χ1n) is 6.57. The first-order chi connectivity index (χ1) is 9.33. The molecular weight excluding hydrogens is 256 g/mol. The van der Waals surface area contributed by atoms with E-state index in [0.29, 0.717) is 17.8 Å². The van der Waals surface area contributed by atoms with Crippen LogP contribution in [0.1, 0.15) is 6.42 Å². The second kappa shape index (κ2) is 7.00. The van der Waals surface area contributed by atoms with Crippen LogP contribution in [0.2, 0.25) is 0 Å². The summed E-state index contributed by atoms with van der Waals surface area (Å²) in [6, 6.07) is 0. The van der Waals surface area contributed by atoms with Crippen molar-refractivity contribution in [1.82, 2.24) is 10.2 Å².